The lowest BCUT2D eigenvalue weighted by Gasteiger charge is -2.32. The van der Waals surface area contributed by atoms with Gasteiger partial charge in [-0.05, 0) is 13.5 Å². The van der Waals surface area contributed by atoms with Crippen molar-refractivity contribution in [1.29, 1.82) is 0 Å². The molecule has 1 aliphatic rings. The molecule has 148 valence electrons. The molecule has 0 atom stereocenters. The summed E-state index contributed by atoms with van der Waals surface area (Å²) in [6.07, 6.45) is 20.0. The van der Waals surface area contributed by atoms with E-state index in [-0.39, 0.29) is 0 Å². The lowest BCUT2D eigenvalue weighted by atomic mass is 10.0. The molecule has 1 fully saturated rings. The second-order valence-corrected chi connectivity index (χ2v) is 8.03. The normalized spacial score (nSPS) is 15.7. The Morgan fingerprint density at radius 1 is 0.640 bits per heavy atom. The topological polar surface area (TPSA) is 23.6 Å². The Balaban J connectivity index is 1.78. The molecule has 0 aromatic heterocycles. The first-order valence-corrected chi connectivity index (χ1v) is 11.2. The van der Waals surface area contributed by atoms with Crippen molar-refractivity contribution in [2.45, 2.75) is 103 Å². The van der Waals surface area contributed by atoms with Gasteiger partial charge in [0.25, 0.3) is 0 Å². The SMILES string of the molecule is CCCCCCCCCCCCCCCCC(=O)N1CCN(C)CC1. The Bertz CT molecular complexity index is 311. The van der Waals surface area contributed by atoms with Gasteiger partial charge in [-0.1, -0.05) is 90.4 Å². The van der Waals surface area contributed by atoms with Crippen molar-refractivity contribution in [3.05, 3.63) is 0 Å². The van der Waals surface area contributed by atoms with Crippen LogP contribution in [0.25, 0.3) is 0 Å². The maximum atomic E-state index is 12.1. The molecule has 0 saturated carbocycles. The van der Waals surface area contributed by atoms with Crippen LogP contribution in [0.2, 0.25) is 0 Å². The molecular formula is C22H44N2O. The highest BCUT2D eigenvalue weighted by Gasteiger charge is 2.18. The fourth-order valence-corrected chi connectivity index (χ4v) is 3.68. The molecule has 0 unspecified atom stereocenters. The first kappa shape index (κ1) is 22.5. The van der Waals surface area contributed by atoms with Crippen molar-refractivity contribution in [3.8, 4) is 0 Å². The second kappa shape index (κ2) is 15.7. The van der Waals surface area contributed by atoms with Gasteiger partial charge in [-0.15, -0.1) is 0 Å². The van der Waals surface area contributed by atoms with E-state index in [0.717, 1.165) is 39.0 Å². The van der Waals surface area contributed by atoms with Crippen LogP contribution in [-0.2, 0) is 4.79 Å². The number of nitrogens with zero attached hydrogens (tertiary/aromatic N) is 2. The summed E-state index contributed by atoms with van der Waals surface area (Å²) in [4.78, 5) is 16.5. The van der Waals surface area contributed by atoms with Gasteiger partial charge in [0.1, 0.15) is 0 Å². The third-order valence-electron chi connectivity index (χ3n) is 5.60. The highest BCUT2D eigenvalue weighted by atomic mass is 16.2. The minimum Gasteiger partial charge on any atom is -0.340 e. The third-order valence-corrected chi connectivity index (χ3v) is 5.60. The first-order chi connectivity index (χ1) is 12.2. The molecule has 1 heterocycles. The van der Waals surface area contributed by atoms with E-state index in [1.165, 1.54) is 83.5 Å². The zero-order chi connectivity index (χ0) is 18.2. The summed E-state index contributed by atoms with van der Waals surface area (Å²) in [5, 5.41) is 0. The maximum Gasteiger partial charge on any atom is 0.222 e. The van der Waals surface area contributed by atoms with Crippen LogP contribution < -0.4 is 0 Å². The minimum atomic E-state index is 0.382. The molecule has 0 aliphatic carbocycles. The number of carbonyl (C=O) groups excluding carboxylic acids is 1. The number of piperazine rings is 1. The van der Waals surface area contributed by atoms with Crippen molar-refractivity contribution >= 4 is 5.91 Å². The van der Waals surface area contributed by atoms with Crippen molar-refractivity contribution < 1.29 is 4.79 Å². The number of hydrogen-bond acceptors (Lipinski definition) is 2. The molecule has 0 aromatic carbocycles. The predicted molar refractivity (Wildman–Crippen MR) is 109 cm³/mol. The Kier molecular flexibility index (Phi) is 14.1. The fourth-order valence-electron chi connectivity index (χ4n) is 3.68. The Labute approximate surface area is 157 Å². The van der Waals surface area contributed by atoms with Gasteiger partial charge in [-0.25, -0.2) is 0 Å². The van der Waals surface area contributed by atoms with Crippen molar-refractivity contribution in [1.82, 2.24) is 9.80 Å². The van der Waals surface area contributed by atoms with Crippen LogP contribution in [0.5, 0.6) is 0 Å². The van der Waals surface area contributed by atoms with E-state index in [1.54, 1.807) is 0 Å². The van der Waals surface area contributed by atoms with Gasteiger partial charge >= 0.3 is 0 Å². The van der Waals surface area contributed by atoms with E-state index in [2.05, 4.69) is 23.8 Å². The maximum absolute atomic E-state index is 12.1. The highest BCUT2D eigenvalue weighted by molar-refractivity contribution is 5.76. The second-order valence-electron chi connectivity index (χ2n) is 8.03. The van der Waals surface area contributed by atoms with E-state index in [9.17, 15) is 4.79 Å². The molecule has 25 heavy (non-hydrogen) atoms. The van der Waals surface area contributed by atoms with Crippen LogP contribution in [0.4, 0.5) is 0 Å². The Morgan fingerprint density at radius 3 is 1.48 bits per heavy atom. The van der Waals surface area contributed by atoms with Gasteiger partial charge in [-0.3, -0.25) is 4.79 Å². The van der Waals surface area contributed by atoms with E-state index < -0.39 is 0 Å². The number of hydrogen-bond donors (Lipinski definition) is 0. The van der Waals surface area contributed by atoms with E-state index in [4.69, 9.17) is 0 Å². The summed E-state index contributed by atoms with van der Waals surface area (Å²) in [5.74, 6) is 0.382. The lowest BCUT2D eigenvalue weighted by molar-refractivity contribution is -0.132. The molecule has 1 aliphatic heterocycles. The van der Waals surface area contributed by atoms with Crippen LogP contribution in [0.1, 0.15) is 103 Å². The summed E-state index contributed by atoms with van der Waals surface area (Å²) < 4.78 is 0. The molecule has 3 nitrogen and oxygen atoms in total. The van der Waals surface area contributed by atoms with Crippen molar-refractivity contribution in [3.63, 3.8) is 0 Å². The molecule has 0 aromatic rings. The van der Waals surface area contributed by atoms with Crippen LogP contribution >= 0.6 is 0 Å². The van der Waals surface area contributed by atoms with Crippen LogP contribution in [0.3, 0.4) is 0 Å². The quantitative estimate of drug-likeness (QED) is 0.356. The molecule has 1 saturated heterocycles. The molecule has 0 spiro atoms. The molecule has 3 heteroatoms. The molecular weight excluding hydrogens is 308 g/mol. The summed E-state index contributed by atoms with van der Waals surface area (Å²) >= 11 is 0. The van der Waals surface area contributed by atoms with E-state index >= 15 is 0 Å². The van der Waals surface area contributed by atoms with Crippen LogP contribution in [0, 0.1) is 0 Å². The largest absolute Gasteiger partial charge is 0.340 e. The van der Waals surface area contributed by atoms with Crippen molar-refractivity contribution in [2.24, 2.45) is 0 Å². The standard InChI is InChI=1S/C22H44N2O/c1-3-4-5-6-7-8-9-10-11-12-13-14-15-16-17-22(25)24-20-18-23(2)19-21-24/h3-21H2,1-2H3. The predicted octanol–water partition coefficient (Wildman–Crippen LogP) is 5.63. The lowest BCUT2D eigenvalue weighted by Crippen LogP contribution is -2.47. The first-order valence-electron chi connectivity index (χ1n) is 11.2. The molecule has 0 N–H and O–H groups in total. The highest BCUT2D eigenvalue weighted by Crippen LogP contribution is 2.14. The van der Waals surface area contributed by atoms with Gasteiger partial charge in [0.15, 0.2) is 0 Å². The average molecular weight is 353 g/mol. The number of carbonyl (C=O) groups is 1. The summed E-state index contributed by atoms with van der Waals surface area (Å²) in [6, 6.07) is 0. The number of rotatable bonds is 15. The van der Waals surface area contributed by atoms with E-state index in [1.807, 2.05) is 0 Å². The average Bonchev–Trinajstić information content (AvgIpc) is 2.62. The Morgan fingerprint density at radius 2 is 1.04 bits per heavy atom. The Hall–Kier alpha value is -0.570. The third kappa shape index (κ3) is 12.4. The molecule has 1 rings (SSSR count). The molecule has 0 radical (unpaired) electrons. The number of likely N-dealkylation sites (N-methyl/N-ethyl adjacent to an activating group) is 1. The van der Waals surface area contributed by atoms with Gasteiger partial charge in [0, 0.05) is 32.6 Å². The van der Waals surface area contributed by atoms with Crippen LogP contribution in [0.15, 0.2) is 0 Å². The van der Waals surface area contributed by atoms with Crippen LogP contribution in [-0.4, -0.2) is 48.9 Å². The van der Waals surface area contributed by atoms with Crippen molar-refractivity contribution in [2.75, 3.05) is 33.2 Å². The zero-order valence-corrected chi connectivity index (χ0v) is 17.2. The number of unbranched alkanes of at least 4 members (excludes halogenated alkanes) is 13. The van der Waals surface area contributed by atoms with Gasteiger partial charge in [0.2, 0.25) is 5.91 Å². The smallest absolute Gasteiger partial charge is 0.222 e. The van der Waals surface area contributed by atoms with Gasteiger partial charge in [0.05, 0.1) is 0 Å². The molecule has 0 bridgehead atoms. The fraction of sp³-hybridized carbons (Fsp3) is 0.955. The minimum absolute atomic E-state index is 0.382. The van der Waals surface area contributed by atoms with E-state index in [0.29, 0.717) is 5.91 Å². The number of amides is 1. The van der Waals surface area contributed by atoms with Gasteiger partial charge < -0.3 is 9.80 Å². The zero-order valence-electron chi connectivity index (χ0n) is 17.2. The summed E-state index contributed by atoms with van der Waals surface area (Å²) in [7, 11) is 2.13. The summed E-state index contributed by atoms with van der Waals surface area (Å²) in [5.41, 5.74) is 0. The monoisotopic (exact) mass is 352 g/mol. The van der Waals surface area contributed by atoms with Gasteiger partial charge in [-0.2, -0.15) is 0 Å². The molecule has 1 amide bonds. The summed E-state index contributed by atoms with van der Waals surface area (Å²) in [6.45, 7) is 6.20.